The maximum Gasteiger partial charge on any atom is 0.0981 e. The predicted molar refractivity (Wildman–Crippen MR) is 75.7 cm³/mol. The summed E-state index contributed by atoms with van der Waals surface area (Å²) in [5, 5.41) is 0. The van der Waals surface area contributed by atoms with Crippen LogP contribution in [0.2, 0.25) is 0 Å². The van der Waals surface area contributed by atoms with Gasteiger partial charge in [-0.25, -0.2) is 0 Å². The summed E-state index contributed by atoms with van der Waals surface area (Å²) in [6.07, 6.45) is 2.58. The lowest BCUT2D eigenvalue weighted by molar-refractivity contribution is -0.130. The van der Waals surface area contributed by atoms with Gasteiger partial charge in [-0.1, -0.05) is 43.7 Å². The Kier molecular flexibility index (Phi) is 4.08. The van der Waals surface area contributed by atoms with Crippen molar-refractivity contribution in [3.05, 3.63) is 35.9 Å². The summed E-state index contributed by atoms with van der Waals surface area (Å²) in [5.74, 6) is 0. The van der Waals surface area contributed by atoms with Crippen LogP contribution in [0.25, 0.3) is 0 Å². The largest absolute Gasteiger partial charge is 0.370 e. The quantitative estimate of drug-likeness (QED) is 0.808. The average molecular weight is 247 g/mol. The first kappa shape index (κ1) is 13.6. The van der Waals surface area contributed by atoms with E-state index in [1.807, 2.05) is 0 Å². The molecule has 0 saturated carbocycles. The second-order valence-corrected chi connectivity index (χ2v) is 5.92. The van der Waals surface area contributed by atoms with Gasteiger partial charge >= 0.3 is 0 Å². The number of rotatable bonds is 3. The van der Waals surface area contributed by atoms with Crippen LogP contribution in [0.4, 0.5) is 0 Å². The van der Waals surface area contributed by atoms with Gasteiger partial charge in [0.25, 0.3) is 0 Å². The van der Waals surface area contributed by atoms with Crippen molar-refractivity contribution in [2.75, 3.05) is 13.7 Å². The van der Waals surface area contributed by atoms with Crippen molar-refractivity contribution in [2.24, 2.45) is 0 Å². The lowest BCUT2D eigenvalue weighted by Crippen LogP contribution is -2.57. The topological polar surface area (TPSA) is 12.5 Å². The van der Waals surface area contributed by atoms with Crippen LogP contribution in [0.15, 0.2) is 30.3 Å². The minimum absolute atomic E-state index is 0.130. The van der Waals surface area contributed by atoms with Gasteiger partial charge in [0.1, 0.15) is 0 Å². The molecule has 0 aromatic heterocycles. The highest BCUT2D eigenvalue weighted by atomic mass is 16.5. The second-order valence-electron chi connectivity index (χ2n) is 5.92. The van der Waals surface area contributed by atoms with Gasteiger partial charge in [0, 0.05) is 11.6 Å². The van der Waals surface area contributed by atoms with Crippen LogP contribution in [0.5, 0.6) is 0 Å². The van der Waals surface area contributed by atoms with E-state index in [1.54, 1.807) is 0 Å². The van der Waals surface area contributed by atoms with Crippen molar-refractivity contribution < 1.29 is 4.74 Å². The van der Waals surface area contributed by atoms with Gasteiger partial charge in [-0.15, -0.1) is 0 Å². The first-order valence-electron chi connectivity index (χ1n) is 6.95. The van der Waals surface area contributed by atoms with E-state index in [4.69, 9.17) is 4.74 Å². The fraction of sp³-hybridized carbons (Fsp3) is 0.625. The molecule has 0 radical (unpaired) electrons. The minimum atomic E-state index is 0.130. The number of hydrogen-bond acceptors (Lipinski definition) is 2. The van der Waals surface area contributed by atoms with E-state index in [0.29, 0.717) is 6.04 Å². The molecule has 1 saturated heterocycles. The molecule has 1 fully saturated rings. The molecule has 2 nitrogen and oxygen atoms in total. The van der Waals surface area contributed by atoms with Crippen LogP contribution in [0, 0.1) is 0 Å². The van der Waals surface area contributed by atoms with E-state index in [0.717, 1.165) is 6.61 Å². The van der Waals surface area contributed by atoms with Crippen molar-refractivity contribution in [3.8, 4) is 0 Å². The first-order valence-corrected chi connectivity index (χ1v) is 6.95. The maximum atomic E-state index is 6.17. The number of benzene rings is 1. The Morgan fingerprint density at radius 2 is 1.94 bits per heavy atom. The third-order valence-corrected chi connectivity index (χ3v) is 4.13. The fourth-order valence-corrected chi connectivity index (χ4v) is 2.76. The Morgan fingerprint density at radius 1 is 1.28 bits per heavy atom. The summed E-state index contributed by atoms with van der Waals surface area (Å²) in [6, 6.07) is 11.1. The van der Waals surface area contributed by atoms with Gasteiger partial charge in [-0.3, -0.25) is 4.90 Å². The Hall–Kier alpha value is -0.860. The highest BCUT2D eigenvalue weighted by molar-refractivity contribution is 5.20. The first-order chi connectivity index (χ1) is 8.56. The van der Waals surface area contributed by atoms with Gasteiger partial charge in [0.05, 0.1) is 12.7 Å². The number of ether oxygens (including phenoxy) is 1. The van der Waals surface area contributed by atoms with E-state index in [1.165, 1.54) is 18.4 Å². The standard InChI is InChI=1S/C16H25NO/c1-5-9-14-15(13-10-7-6-8-11-13)18-12-16(2,3)17(14)4/h6-8,10-11,14-15H,5,9,12H2,1-4H3/t14-,15-/m0/s1. The van der Waals surface area contributed by atoms with E-state index in [2.05, 4.69) is 63.1 Å². The van der Waals surface area contributed by atoms with Crippen LogP contribution in [0.1, 0.15) is 45.3 Å². The molecule has 1 aromatic rings. The molecule has 1 aliphatic rings. The third kappa shape index (κ3) is 2.60. The second kappa shape index (κ2) is 5.41. The summed E-state index contributed by atoms with van der Waals surface area (Å²) in [4.78, 5) is 2.50. The molecule has 1 aliphatic heterocycles. The predicted octanol–water partition coefficient (Wildman–Crippen LogP) is 3.64. The molecular formula is C16H25NO. The Labute approximate surface area is 111 Å². The summed E-state index contributed by atoms with van der Waals surface area (Å²) < 4.78 is 6.17. The number of likely N-dealkylation sites (N-methyl/N-ethyl adjacent to an activating group) is 1. The maximum absolute atomic E-state index is 6.17. The van der Waals surface area contributed by atoms with Crippen molar-refractivity contribution in [1.29, 1.82) is 0 Å². The highest BCUT2D eigenvalue weighted by Crippen LogP contribution is 2.36. The smallest absolute Gasteiger partial charge is 0.0981 e. The van der Waals surface area contributed by atoms with Crippen molar-refractivity contribution in [1.82, 2.24) is 4.90 Å². The summed E-state index contributed by atoms with van der Waals surface area (Å²) in [6.45, 7) is 7.56. The molecular weight excluding hydrogens is 222 g/mol. The number of morpholine rings is 1. The molecule has 100 valence electrons. The lowest BCUT2D eigenvalue weighted by Gasteiger charge is -2.49. The molecule has 0 aliphatic carbocycles. The average Bonchev–Trinajstić information content (AvgIpc) is 2.37. The molecule has 18 heavy (non-hydrogen) atoms. The number of hydrogen-bond donors (Lipinski definition) is 0. The fourth-order valence-electron chi connectivity index (χ4n) is 2.76. The zero-order valence-corrected chi connectivity index (χ0v) is 12.0. The van der Waals surface area contributed by atoms with Crippen LogP contribution in [-0.2, 0) is 4.74 Å². The molecule has 1 aromatic carbocycles. The third-order valence-electron chi connectivity index (χ3n) is 4.13. The minimum Gasteiger partial charge on any atom is -0.370 e. The molecule has 2 atom stereocenters. The van der Waals surface area contributed by atoms with E-state index >= 15 is 0 Å². The molecule has 2 heteroatoms. The molecule has 2 rings (SSSR count). The molecule has 0 unspecified atom stereocenters. The van der Waals surface area contributed by atoms with Gasteiger partial charge in [-0.2, -0.15) is 0 Å². The monoisotopic (exact) mass is 247 g/mol. The molecule has 0 N–H and O–H groups in total. The van der Waals surface area contributed by atoms with E-state index in [-0.39, 0.29) is 11.6 Å². The summed E-state index contributed by atoms with van der Waals surface area (Å²) in [7, 11) is 2.23. The van der Waals surface area contributed by atoms with Crippen LogP contribution >= 0.6 is 0 Å². The summed E-state index contributed by atoms with van der Waals surface area (Å²) >= 11 is 0. The molecule has 0 bridgehead atoms. The molecule has 1 heterocycles. The van der Waals surface area contributed by atoms with Crippen molar-refractivity contribution in [3.63, 3.8) is 0 Å². The van der Waals surface area contributed by atoms with Crippen LogP contribution in [-0.4, -0.2) is 30.1 Å². The van der Waals surface area contributed by atoms with E-state index < -0.39 is 0 Å². The van der Waals surface area contributed by atoms with E-state index in [9.17, 15) is 0 Å². The van der Waals surface area contributed by atoms with Crippen LogP contribution in [0.3, 0.4) is 0 Å². The van der Waals surface area contributed by atoms with Crippen molar-refractivity contribution in [2.45, 2.75) is 51.3 Å². The van der Waals surface area contributed by atoms with Gasteiger partial charge in [0.2, 0.25) is 0 Å². The van der Waals surface area contributed by atoms with Gasteiger partial charge in [-0.05, 0) is 32.9 Å². The van der Waals surface area contributed by atoms with Gasteiger partial charge in [0.15, 0.2) is 0 Å². The Bertz CT molecular complexity index is 374. The molecule has 0 spiro atoms. The van der Waals surface area contributed by atoms with Gasteiger partial charge < -0.3 is 4.74 Å². The van der Waals surface area contributed by atoms with Crippen LogP contribution < -0.4 is 0 Å². The zero-order valence-electron chi connectivity index (χ0n) is 12.0. The lowest BCUT2D eigenvalue weighted by atomic mass is 9.90. The van der Waals surface area contributed by atoms with Crippen molar-refractivity contribution >= 4 is 0 Å². The number of nitrogens with zero attached hydrogens (tertiary/aromatic N) is 1. The zero-order chi connectivity index (χ0) is 13.2. The normalized spacial score (nSPS) is 28.2. The summed E-state index contributed by atoms with van der Waals surface area (Å²) in [5.41, 5.74) is 1.43. The highest BCUT2D eigenvalue weighted by Gasteiger charge is 2.40. The molecule has 0 amide bonds. The Morgan fingerprint density at radius 3 is 2.56 bits per heavy atom. The SMILES string of the molecule is CCC[C@H]1[C@H](c2ccccc2)OCC(C)(C)N1C. The Balaban J connectivity index is 2.25.